The fraction of sp³-hybridized carbons (Fsp3) is 0.417. The smallest absolute Gasteiger partial charge is 0.274 e. The first-order valence-electron chi connectivity index (χ1n) is 5.98. The van der Waals surface area contributed by atoms with E-state index in [2.05, 4.69) is 26.1 Å². The van der Waals surface area contributed by atoms with E-state index in [1.807, 2.05) is 17.8 Å². The SMILES string of the molecule is CCn1cc(Br)c(CN(C)C(=O)c2ccn(C)n2)n1. The van der Waals surface area contributed by atoms with Gasteiger partial charge in [-0.25, -0.2) is 0 Å². The lowest BCUT2D eigenvalue weighted by Crippen LogP contribution is -2.27. The highest BCUT2D eigenvalue weighted by atomic mass is 79.9. The minimum Gasteiger partial charge on any atom is -0.334 e. The largest absolute Gasteiger partial charge is 0.334 e. The van der Waals surface area contributed by atoms with Crippen molar-refractivity contribution in [1.29, 1.82) is 0 Å². The van der Waals surface area contributed by atoms with Gasteiger partial charge in [-0.15, -0.1) is 0 Å². The van der Waals surface area contributed by atoms with Gasteiger partial charge in [-0.2, -0.15) is 10.2 Å². The Morgan fingerprint density at radius 3 is 2.74 bits per heavy atom. The van der Waals surface area contributed by atoms with Gasteiger partial charge in [0.05, 0.1) is 16.7 Å². The molecule has 102 valence electrons. The molecule has 0 saturated carbocycles. The van der Waals surface area contributed by atoms with Crippen molar-refractivity contribution >= 4 is 21.8 Å². The average molecular weight is 326 g/mol. The molecule has 19 heavy (non-hydrogen) atoms. The lowest BCUT2D eigenvalue weighted by molar-refractivity contribution is 0.0776. The molecule has 2 rings (SSSR count). The molecule has 0 N–H and O–H groups in total. The quantitative estimate of drug-likeness (QED) is 0.859. The zero-order chi connectivity index (χ0) is 14.0. The van der Waals surface area contributed by atoms with Gasteiger partial charge in [0, 0.05) is 33.0 Å². The molecule has 7 heteroatoms. The second-order valence-electron chi connectivity index (χ2n) is 4.32. The summed E-state index contributed by atoms with van der Waals surface area (Å²) >= 11 is 3.45. The van der Waals surface area contributed by atoms with Gasteiger partial charge in [-0.05, 0) is 28.9 Å². The highest BCUT2D eigenvalue weighted by Gasteiger charge is 2.17. The van der Waals surface area contributed by atoms with Crippen LogP contribution >= 0.6 is 15.9 Å². The molecule has 0 saturated heterocycles. The summed E-state index contributed by atoms with van der Waals surface area (Å²) in [6.45, 7) is 3.27. The Kier molecular flexibility index (Phi) is 4.04. The van der Waals surface area contributed by atoms with Gasteiger partial charge in [0.25, 0.3) is 5.91 Å². The van der Waals surface area contributed by atoms with Gasteiger partial charge in [0.1, 0.15) is 5.69 Å². The van der Waals surface area contributed by atoms with Crippen molar-refractivity contribution in [3.05, 3.63) is 34.3 Å². The molecule has 0 aliphatic heterocycles. The van der Waals surface area contributed by atoms with E-state index in [1.54, 1.807) is 35.9 Å². The molecular formula is C12H16BrN5O. The topological polar surface area (TPSA) is 56.0 Å². The summed E-state index contributed by atoms with van der Waals surface area (Å²) in [6, 6.07) is 1.71. The third kappa shape index (κ3) is 3.04. The molecule has 0 atom stereocenters. The first kappa shape index (κ1) is 13.8. The van der Waals surface area contributed by atoms with E-state index in [0.717, 1.165) is 16.7 Å². The molecule has 2 aromatic rings. The maximum absolute atomic E-state index is 12.2. The van der Waals surface area contributed by atoms with Crippen molar-refractivity contribution in [1.82, 2.24) is 24.5 Å². The fourth-order valence-electron chi connectivity index (χ4n) is 1.73. The number of halogens is 1. The lowest BCUT2D eigenvalue weighted by atomic mass is 10.3. The van der Waals surface area contributed by atoms with Crippen molar-refractivity contribution in [3.8, 4) is 0 Å². The first-order chi connectivity index (χ1) is 9.01. The zero-order valence-electron chi connectivity index (χ0n) is 11.2. The minimum absolute atomic E-state index is 0.112. The number of aryl methyl sites for hydroxylation is 2. The summed E-state index contributed by atoms with van der Waals surface area (Å²) in [5.41, 5.74) is 1.28. The number of rotatable bonds is 4. The second-order valence-corrected chi connectivity index (χ2v) is 5.17. The summed E-state index contributed by atoms with van der Waals surface area (Å²) in [5.74, 6) is -0.112. The third-order valence-corrected chi connectivity index (χ3v) is 3.44. The number of hydrogen-bond acceptors (Lipinski definition) is 3. The van der Waals surface area contributed by atoms with Crippen LogP contribution in [-0.2, 0) is 20.1 Å². The van der Waals surface area contributed by atoms with Gasteiger partial charge in [0.2, 0.25) is 0 Å². The Hall–Kier alpha value is -1.63. The highest BCUT2D eigenvalue weighted by Crippen LogP contribution is 2.17. The van der Waals surface area contributed by atoms with Gasteiger partial charge in [0.15, 0.2) is 0 Å². The molecule has 2 heterocycles. The molecule has 2 aromatic heterocycles. The standard InChI is InChI=1S/C12H16BrN5O/c1-4-18-7-9(13)11(15-18)8-16(2)12(19)10-5-6-17(3)14-10/h5-7H,4,8H2,1-3H3. The van der Waals surface area contributed by atoms with Crippen LogP contribution in [0.3, 0.4) is 0 Å². The van der Waals surface area contributed by atoms with Gasteiger partial charge in [-0.1, -0.05) is 0 Å². The molecule has 6 nitrogen and oxygen atoms in total. The molecule has 0 aromatic carbocycles. The van der Waals surface area contributed by atoms with Crippen LogP contribution in [0.1, 0.15) is 23.1 Å². The van der Waals surface area contributed by atoms with E-state index in [4.69, 9.17) is 0 Å². The van der Waals surface area contributed by atoms with Crippen LogP contribution in [0.15, 0.2) is 22.9 Å². The Balaban J connectivity index is 2.10. The summed E-state index contributed by atoms with van der Waals surface area (Å²) in [5, 5.41) is 8.51. The molecule has 1 amide bonds. The van der Waals surface area contributed by atoms with Gasteiger partial charge < -0.3 is 4.90 Å². The Bertz CT molecular complexity index is 589. The number of amides is 1. The van der Waals surface area contributed by atoms with Crippen LogP contribution in [0, 0.1) is 0 Å². The molecule has 0 aliphatic rings. The molecule has 0 fully saturated rings. The van der Waals surface area contributed by atoms with Crippen LogP contribution in [0.4, 0.5) is 0 Å². The van der Waals surface area contributed by atoms with Crippen molar-refractivity contribution < 1.29 is 4.79 Å². The van der Waals surface area contributed by atoms with Crippen molar-refractivity contribution in [2.24, 2.45) is 7.05 Å². The average Bonchev–Trinajstić information content (AvgIpc) is 2.95. The van der Waals surface area contributed by atoms with Crippen molar-refractivity contribution in [3.63, 3.8) is 0 Å². The number of aromatic nitrogens is 4. The van der Waals surface area contributed by atoms with Crippen LogP contribution in [0.2, 0.25) is 0 Å². The fourth-order valence-corrected chi connectivity index (χ4v) is 2.17. The third-order valence-electron chi connectivity index (χ3n) is 2.78. The normalized spacial score (nSPS) is 10.7. The number of nitrogens with zero attached hydrogens (tertiary/aromatic N) is 5. The van der Waals surface area contributed by atoms with Crippen molar-refractivity contribution in [2.45, 2.75) is 20.0 Å². The molecule has 0 bridgehead atoms. The lowest BCUT2D eigenvalue weighted by Gasteiger charge is -2.14. The van der Waals surface area contributed by atoms with E-state index >= 15 is 0 Å². The number of carbonyl (C=O) groups excluding carboxylic acids is 1. The van der Waals surface area contributed by atoms with Gasteiger partial charge >= 0.3 is 0 Å². The van der Waals surface area contributed by atoms with Crippen molar-refractivity contribution in [2.75, 3.05) is 7.05 Å². The summed E-state index contributed by atoms with van der Waals surface area (Å²) < 4.78 is 4.36. The summed E-state index contributed by atoms with van der Waals surface area (Å²) in [6.07, 6.45) is 3.66. The van der Waals surface area contributed by atoms with Crippen LogP contribution in [0.5, 0.6) is 0 Å². The maximum atomic E-state index is 12.2. The number of carbonyl (C=O) groups is 1. The van der Waals surface area contributed by atoms with Crippen LogP contribution < -0.4 is 0 Å². The van der Waals surface area contributed by atoms with Gasteiger partial charge in [-0.3, -0.25) is 14.2 Å². The van der Waals surface area contributed by atoms with Crippen LogP contribution in [0.25, 0.3) is 0 Å². The van der Waals surface area contributed by atoms with E-state index in [1.165, 1.54) is 0 Å². The van der Waals surface area contributed by atoms with E-state index in [9.17, 15) is 4.79 Å². The molecule has 0 aliphatic carbocycles. The highest BCUT2D eigenvalue weighted by molar-refractivity contribution is 9.10. The Morgan fingerprint density at radius 1 is 1.47 bits per heavy atom. The van der Waals surface area contributed by atoms with Crippen LogP contribution in [-0.4, -0.2) is 37.4 Å². The second kappa shape index (κ2) is 5.56. The number of hydrogen-bond donors (Lipinski definition) is 0. The maximum Gasteiger partial charge on any atom is 0.274 e. The van der Waals surface area contributed by atoms with E-state index in [0.29, 0.717) is 12.2 Å². The monoisotopic (exact) mass is 325 g/mol. The predicted molar refractivity (Wildman–Crippen MR) is 74.6 cm³/mol. The Morgan fingerprint density at radius 2 is 2.21 bits per heavy atom. The molecule has 0 radical (unpaired) electrons. The summed E-state index contributed by atoms with van der Waals surface area (Å²) in [7, 11) is 3.53. The Labute approximate surface area is 120 Å². The van der Waals surface area contributed by atoms with E-state index in [-0.39, 0.29) is 5.91 Å². The minimum atomic E-state index is -0.112. The molecule has 0 unspecified atom stereocenters. The molecule has 0 spiro atoms. The zero-order valence-corrected chi connectivity index (χ0v) is 12.8. The molecular weight excluding hydrogens is 310 g/mol. The first-order valence-corrected chi connectivity index (χ1v) is 6.77. The summed E-state index contributed by atoms with van der Waals surface area (Å²) in [4.78, 5) is 13.8. The predicted octanol–water partition coefficient (Wildman–Crippen LogP) is 1.67. The van der Waals surface area contributed by atoms with E-state index < -0.39 is 0 Å².